The summed E-state index contributed by atoms with van der Waals surface area (Å²) in [6.45, 7) is 0. The Hall–Kier alpha value is -2.17. The standard InChI is InChI=1S/C11H13N3O2/c1-15-9-5-3-8(4-6-9)14-11(16-2)7-10(12)13-14/h3-7H,1-2H3,(H2,12,13). The lowest BCUT2D eigenvalue weighted by Gasteiger charge is -2.06. The van der Waals surface area contributed by atoms with E-state index in [4.69, 9.17) is 15.2 Å². The Balaban J connectivity index is 2.41. The largest absolute Gasteiger partial charge is 0.497 e. The number of nitrogen functional groups attached to an aromatic ring is 1. The lowest BCUT2D eigenvalue weighted by Crippen LogP contribution is -2.00. The molecule has 2 N–H and O–H groups in total. The topological polar surface area (TPSA) is 62.3 Å². The maximum absolute atomic E-state index is 5.61. The highest BCUT2D eigenvalue weighted by molar-refractivity contribution is 5.43. The van der Waals surface area contributed by atoms with Gasteiger partial charge in [-0.05, 0) is 24.3 Å². The quantitative estimate of drug-likeness (QED) is 0.849. The van der Waals surface area contributed by atoms with Crippen LogP contribution in [0.3, 0.4) is 0 Å². The molecule has 1 aromatic heterocycles. The summed E-state index contributed by atoms with van der Waals surface area (Å²) in [6.07, 6.45) is 0. The molecule has 0 atom stereocenters. The average molecular weight is 219 g/mol. The third kappa shape index (κ3) is 1.79. The van der Waals surface area contributed by atoms with Crippen LogP contribution in [0.1, 0.15) is 0 Å². The normalized spacial score (nSPS) is 10.1. The Morgan fingerprint density at radius 2 is 1.81 bits per heavy atom. The van der Waals surface area contributed by atoms with Crippen LogP contribution in [-0.2, 0) is 0 Å². The lowest BCUT2D eigenvalue weighted by molar-refractivity contribution is 0.383. The summed E-state index contributed by atoms with van der Waals surface area (Å²) >= 11 is 0. The summed E-state index contributed by atoms with van der Waals surface area (Å²) in [5.74, 6) is 1.82. The first kappa shape index (κ1) is 10.4. The monoisotopic (exact) mass is 219 g/mol. The SMILES string of the molecule is COc1ccc(-n2nc(N)cc2OC)cc1. The molecule has 0 fully saturated rings. The van der Waals surface area contributed by atoms with Crippen molar-refractivity contribution in [1.82, 2.24) is 9.78 Å². The van der Waals surface area contributed by atoms with Crippen molar-refractivity contribution in [1.29, 1.82) is 0 Å². The Morgan fingerprint density at radius 3 is 2.38 bits per heavy atom. The number of ether oxygens (including phenoxy) is 2. The minimum Gasteiger partial charge on any atom is -0.497 e. The third-order valence-electron chi connectivity index (χ3n) is 2.22. The van der Waals surface area contributed by atoms with E-state index in [0.29, 0.717) is 11.7 Å². The van der Waals surface area contributed by atoms with Crippen LogP contribution in [0.2, 0.25) is 0 Å². The lowest BCUT2D eigenvalue weighted by atomic mass is 10.3. The van der Waals surface area contributed by atoms with Crippen LogP contribution in [0.4, 0.5) is 5.82 Å². The highest BCUT2D eigenvalue weighted by Crippen LogP contribution is 2.21. The van der Waals surface area contributed by atoms with Gasteiger partial charge in [0.1, 0.15) is 11.6 Å². The van der Waals surface area contributed by atoms with Crippen LogP contribution in [0.15, 0.2) is 30.3 Å². The van der Waals surface area contributed by atoms with Gasteiger partial charge in [-0.25, -0.2) is 0 Å². The number of anilines is 1. The first-order valence-electron chi connectivity index (χ1n) is 4.78. The molecule has 1 heterocycles. The molecule has 0 spiro atoms. The highest BCUT2D eigenvalue weighted by atomic mass is 16.5. The van der Waals surface area contributed by atoms with Gasteiger partial charge >= 0.3 is 0 Å². The number of rotatable bonds is 3. The zero-order chi connectivity index (χ0) is 11.5. The van der Waals surface area contributed by atoms with Crippen molar-refractivity contribution < 1.29 is 9.47 Å². The number of aromatic nitrogens is 2. The second-order valence-corrected chi connectivity index (χ2v) is 3.22. The van der Waals surface area contributed by atoms with Crippen LogP contribution in [-0.4, -0.2) is 24.0 Å². The highest BCUT2D eigenvalue weighted by Gasteiger charge is 2.07. The Kier molecular flexibility index (Phi) is 2.68. The third-order valence-corrected chi connectivity index (χ3v) is 2.22. The van der Waals surface area contributed by atoms with Gasteiger partial charge in [0.05, 0.1) is 19.9 Å². The van der Waals surface area contributed by atoms with Crippen molar-refractivity contribution in [2.24, 2.45) is 0 Å². The number of hydrogen-bond acceptors (Lipinski definition) is 4. The summed E-state index contributed by atoms with van der Waals surface area (Å²) in [4.78, 5) is 0. The molecular weight excluding hydrogens is 206 g/mol. The molecule has 0 aliphatic rings. The maximum Gasteiger partial charge on any atom is 0.218 e. The number of nitrogens with zero attached hydrogens (tertiary/aromatic N) is 2. The molecule has 16 heavy (non-hydrogen) atoms. The van der Waals surface area contributed by atoms with Crippen LogP contribution >= 0.6 is 0 Å². The second-order valence-electron chi connectivity index (χ2n) is 3.22. The molecule has 0 aliphatic carbocycles. The maximum atomic E-state index is 5.61. The summed E-state index contributed by atoms with van der Waals surface area (Å²) in [6, 6.07) is 9.14. The second kappa shape index (κ2) is 4.14. The van der Waals surface area contributed by atoms with E-state index in [9.17, 15) is 0 Å². The fraction of sp³-hybridized carbons (Fsp3) is 0.182. The van der Waals surface area contributed by atoms with Crippen LogP contribution < -0.4 is 15.2 Å². The van der Waals surface area contributed by atoms with Crippen LogP contribution in [0.25, 0.3) is 5.69 Å². The predicted octanol–water partition coefficient (Wildman–Crippen LogP) is 1.47. The molecule has 0 radical (unpaired) electrons. The molecule has 0 saturated heterocycles. The van der Waals surface area contributed by atoms with E-state index in [0.717, 1.165) is 11.4 Å². The first-order valence-corrected chi connectivity index (χ1v) is 4.78. The van der Waals surface area contributed by atoms with E-state index in [1.54, 1.807) is 25.0 Å². The number of benzene rings is 1. The molecule has 5 nitrogen and oxygen atoms in total. The number of methoxy groups -OCH3 is 2. The van der Waals surface area contributed by atoms with Crippen molar-refractivity contribution in [3.05, 3.63) is 30.3 Å². The van der Waals surface area contributed by atoms with E-state index >= 15 is 0 Å². The molecule has 84 valence electrons. The van der Waals surface area contributed by atoms with Gasteiger partial charge in [-0.2, -0.15) is 4.68 Å². The molecule has 0 saturated carbocycles. The summed E-state index contributed by atoms with van der Waals surface area (Å²) in [7, 11) is 3.21. The molecule has 0 aliphatic heterocycles. The van der Waals surface area contributed by atoms with Crippen molar-refractivity contribution >= 4 is 5.82 Å². The van der Waals surface area contributed by atoms with Gasteiger partial charge < -0.3 is 15.2 Å². The molecule has 2 rings (SSSR count). The molecule has 2 aromatic rings. The Morgan fingerprint density at radius 1 is 1.12 bits per heavy atom. The minimum atomic E-state index is 0.424. The minimum absolute atomic E-state index is 0.424. The first-order chi connectivity index (χ1) is 7.74. The predicted molar refractivity (Wildman–Crippen MR) is 61.1 cm³/mol. The zero-order valence-corrected chi connectivity index (χ0v) is 9.18. The van der Waals surface area contributed by atoms with E-state index in [1.165, 1.54) is 0 Å². The zero-order valence-electron chi connectivity index (χ0n) is 9.18. The fourth-order valence-corrected chi connectivity index (χ4v) is 1.44. The molecule has 0 amide bonds. The van der Waals surface area contributed by atoms with E-state index in [-0.39, 0.29) is 0 Å². The smallest absolute Gasteiger partial charge is 0.218 e. The van der Waals surface area contributed by atoms with E-state index in [1.807, 2.05) is 24.3 Å². The van der Waals surface area contributed by atoms with Gasteiger partial charge in [0, 0.05) is 6.07 Å². The van der Waals surface area contributed by atoms with Gasteiger partial charge in [-0.1, -0.05) is 0 Å². The van der Waals surface area contributed by atoms with Gasteiger partial charge in [-0.3, -0.25) is 0 Å². The van der Waals surface area contributed by atoms with Gasteiger partial charge in [0.2, 0.25) is 5.88 Å². The van der Waals surface area contributed by atoms with E-state index in [2.05, 4.69) is 5.10 Å². The molecule has 1 aromatic carbocycles. The average Bonchev–Trinajstić information content (AvgIpc) is 2.70. The van der Waals surface area contributed by atoms with Crippen molar-refractivity contribution in [2.45, 2.75) is 0 Å². The van der Waals surface area contributed by atoms with E-state index < -0.39 is 0 Å². The number of nitrogens with two attached hydrogens (primary N) is 1. The Labute approximate surface area is 93.4 Å². The van der Waals surface area contributed by atoms with Crippen LogP contribution in [0, 0.1) is 0 Å². The van der Waals surface area contributed by atoms with Gasteiger partial charge in [0.25, 0.3) is 0 Å². The molecule has 0 bridgehead atoms. The van der Waals surface area contributed by atoms with Crippen molar-refractivity contribution in [2.75, 3.05) is 20.0 Å². The number of hydrogen-bond donors (Lipinski definition) is 1. The summed E-state index contributed by atoms with van der Waals surface area (Å²) in [5, 5.41) is 4.14. The molecule has 5 heteroatoms. The Bertz CT molecular complexity index is 476. The van der Waals surface area contributed by atoms with Gasteiger partial charge in [-0.15, -0.1) is 5.10 Å². The van der Waals surface area contributed by atoms with Crippen molar-refractivity contribution in [3.8, 4) is 17.3 Å². The van der Waals surface area contributed by atoms with Crippen LogP contribution in [0.5, 0.6) is 11.6 Å². The summed E-state index contributed by atoms with van der Waals surface area (Å²) in [5.41, 5.74) is 6.48. The van der Waals surface area contributed by atoms with Crippen molar-refractivity contribution in [3.63, 3.8) is 0 Å². The summed E-state index contributed by atoms with van der Waals surface area (Å²) < 4.78 is 11.9. The molecular formula is C11H13N3O2. The fourth-order valence-electron chi connectivity index (χ4n) is 1.44. The molecule has 0 unspecified atom stereocenters. The van der Waals surface area contributed by atoms with Gasteiger partial charge in [0.15, 0.2) is 0 Å².